The summed E-state index contributed by atoms with van der Waals surface area (Å²) in [5.41, 5.74) is 7.69. The lowest BCUT2D eigenvalue weighted by molar-refractivity contribution is 0.153. The third kappa shape index (κ3) is 9.27. The number of halogens is 4. The fourth-order valence-corrected chi connectivity index (χ4v) is 2.67. The number of likely N-dealkylation sites (N-methyl/N-ethyl adjacent to an activating group) is 1. The van der Waals surface area contributed by atoms with Crippen molar-refractivity contribution in [3.8, 4) is 5.75 Å². The monoisotopic (exact) mass is 436 g/mol. The molecule has 1 aromatic rings. The van der Waals surface area contributed by atoms with Gasteiger partial charge in [0.15, 0.2) is 0 Å². The zero-order valence-corrected chi connectivity index (χ0v) is 18.4. The van der Waals surface area contributed by atoms with E-state index in [0.717, 1.165) is 18.0 Å². The molecule has 0 saturated carbocycles. The number of methoxy groups -OCH3 is 1. The van der Waals surface area contributed by atoms with Gasteiger partial charge in [0.1, 0.15) is 5.75 Å². The van der Waals surface area contributed by atoms with Crippen LogP contribution in [0.2, 0.25) is 0 Å². The van der Waals surface area contributed by atoms with E-state index in [4.69, 9.17) is 10.5 Å². The van der Waals surface area contributed by atoms with Gasteiger partial charge in [-0.3, -0.25) is 0 Å². The van der Waals surface area contributed by atoms with Crippen LogP contribution in [-0.4, -0.2) is 70.3 Å². The summed E-state index contributed by atoms with van der Waals surface area (Å²) in [5, 5.41) is 0. The summed E-state index contributed by atoms with van der Waals surface area (Å²) in [6.45, 7) is 6.96. The van der Waals surface area contributed by atoms with Crippen LogP contribution in [0.1, 0.15) is 6.42 Å². The van der Waals surface area contributed by atoms with Gasteiger partial charge >= 0.3 is 0 Å². The summed E-state index contributed by atoms with van der Waals surface area (Å²) in [7, 11) is 5.97. The van der Waals surface area contributed by atoms with Crippen molar-refractivity contribution in [2.45, 2.75) is 6.42 Å². The van der Waals surface area contributed by atoms with E-state index in [2.05, 4.69) is 28.8 Å². The molecule has 5 nitrogen and oxygen atoms in total. The second-order valence-corrected chi connectivity index (χ2v) is 5.85. The van der Waals surface area contributed by atoms with Crippen molar-refractivity contribution < 1.29 is 4.74 Å². The van der Waals surface area contributed by atoms with Crippen LogP contribution in [0.3, 0.4) is 0 Å². The number of anilines is 2. The zero-order valence-electron chi connectivity index (χ0n) is 15.1. The van der Waals surface area contributed by atoms with Crippen LogP contribution in [0.25, 0.3) is 0 Å². The van der Waals surface area contributed by atoms with E-state index in [1.54, 1.807) is 7.11 Å². The number of hydrogen-bond acceptors (Lipinski definition) is 5. The van der Waals surface area contributed by atoms with Gasteiger partial charge < -0.3 is 25.2 Å². The molecule has 150 valence electrons. The molecule has 1 aromatic carbocycles. The zero-order chi connectivity index (χ0) is 15.2. The minimum absolute atomic E-state index is 0. The highest BCUT2D eigenvalue weighted by atomic mass is 35.5. The number of benzene rings is 1. The van der Waals surface area contributed by atoms with Gasteiger partial charge in [0, 0.05) is 51.5 Å². The van der Waals surface area contributed by atoms with Crippen molar-refractivity contribution in [2.75, 3.05) is 71.1 Å². The minimum atomic E-state index is 0. The van der Waals surface area contributed by atoms with E-state index in [9.17, 15) is 0 Å². The normalized spacial score (nSPS) is 14.2. The van der Waals surface area contributed by atoms with E-state index in [-0.39, 0.29) is 49.6 Å². The number of rotatable bonds is 6. The van der Waals surface area contributed by atoms with Crippen molar-refractivity contribution in [2.24, 2.45) is 0 Å². The highest BCUT2D eigenvalue weighted by Crippen LogP contribution is 2.26. The van der Waals surface area contributed by atoms with Crippen LogP contribution < -0.4 is 15.4 Å². The molecule has 0 bridgehead atoms. The Labute approximate surface area is 176 Å². The summed E-state index contributed by atoms with van der Waals surface area (Å²) in [6.07, 6.45) is 1.17. The molecule has 0 radical (unpaired) electrons. The second kappa shape index (κ2) is 14.8. The number of hydrogen-bond donors (Lipinski definition) is 1. The average molecular weight is 438 g/mol. The van der Waals surface area contributed by atoms with E-state index in [0.29, 0.717) is 5.69 Å². The number of nitrogen functional groups attached to an aromatic ring is 1. The van der Waals surface area contributed by atoms with Gasteiger partial charge in [-0.05, 0) is 32.1 Å². The molecule has 1 heterocycles. The molecule has 1 aliphatic heterocycles. The minimum Gasteiger partial charge on any atom is -0.495 e. The van der Waals surface area contributed by atoms with Gasteiger partial charge in [-0.25, -0.2) is 0 Å². The first kappa shape index (κ1) is 29.5. The Kier molecular flexibility index (Phi) is 17.5. The van der Waals surface area contributed by atoms with Crippen LogP contribution in [-0.2, 0) is 0 Å². The smallest absolute Gasteiger partial charge is 0.143 e. The van der Waals surface area contributed by atoms with Crippen LogP contribution in [0, 0.1) is 0 Å². The molecule has 2 N–H and O–H groups in total. The molecule has 0 amide bonds. The number of nitrogens with zero attached hydrogens (tertiary/aromatic N) is 3. The third-order valence-electron chi connectivity index (χ3n) is 4.22. The van der Waals surface area contributed by atoms with E-state index in [1.807, 2.05) is 18.2 Å². The summed E-state index contributed by atoms with van der Waals surface area (Å²) >= 11 is 0. The summed E-state index contributed by atoms with van der Waals surface area (Å²) < 4.78 is 5.28. The van der Waals surface area contributed by atoms with Gasteiger partial charge in [-0.2, -0.15) is 0 Å². The quantitative estimate of drug-likeness (QED) is 0.692. The largest absolute Gasteiger partial charge is 0.495 e. The second-order valence-electron chi connectivity index (χ2n) is 5.85. The van der Waals surface area contributed by atoms with Crippen LogP contribution in [0.4, 0.5) is 11.4 Å². The third-order valence-corrected chi connectivity index (χ3v) is 4.22. The molecule has 1 aliphatic rings. The van der Waals surface area contributed by atoms with Crippen molar-refractivity contribution in [3.63, 3.8) is 0 Å². The highest BCUT2D eigenvalue weighted by Gasteiger charge is 2.13. The highest BCUT2D eigenvalue weighted by molar-refractivity contribution is 5.86. The Balaban J connectivity index is -0.00000121. The van der Waals surface area contributed by atoms with E-state index >= 15 is 0 Å². The first-order chi connectivity index (χ1) is 10.1. The van der Waals surface area contributed by atoms with Gasteiger partial charge in [-0.1, -0.05) is 0 Å². The maximum absolute atomic E-state index is 5.85. The molecule has 1 fully saturated rings. The molecule has 2 rings (SSSR count). The predicted molar refractivity (Wildman–Crippen MR) is 118 cm³/mol. The Hall–Kier alpha value is -0.300. The molecule has 0 atom stereocenters. The fraction of sp³-hybridized carbons (Fsp3) is 0.625. The van der Waals surface area contributed by atoms with Gasteiger partial charge in [0.25, 0.3) is 0 Å². The van der Waals surface area contributed by atoms with Crippen LogP contribution in [0.5, 0.6) is 5.75 Å². The molecule has 0 aromatic heterocycles. The number of piperazine rings is 1. The van der Waals surface area contributed by atoms with Gasteiger partial charge in [0.2, 0.25) is 0 Å². The Morgan fingerprint density at radius 2 is 1.68 bits per heavy atom. The Bertz CT molecular complexity index is 460. The molecule has 9 heteroatoms. The van der Waals surface area contributed by atoms with Crippen LogP contribution >= 0.6 is 49.6 Å². The molecule has 0 aliphatic carbocycles. The van der Waals surface area contributed by atoms with Crippen molar-refractivity contribution in [1.29, 1.82) is 0 Å². The SMILES string of the molecule is COc1cc(N(C)CCCN2CCN(C)CC2)ccc1N.Cl.Cl.Cl.Cl. The standard InChI is InChI=1S/C16H28N4O.4ClH/c1-18-9-11-20(12-10-18)8-4-7-19(2)14-5-6-15(17)16(13-14)21-3;;;;/h5-6,13H,4,7-12,17H2,1-3H3;4*1H. The van der Waals surface area contributed by atoms with E-state index in [1.165, 1.54) is 39.1 Å². The van der Waals surface area contributed by atoms with Crippen molar-refractivity contribution >= 4 is 61.0 Å². The van der Waals surface area contributed by atoms with Crippen LogP contribution in [0.15, 0.2) is 18.2 Å². The molecular formula is C16H32Cl4N4O. The Morgan fingerprint density at radius 3 is 2.24 bits per heavy atom. The topological polar surface area (TPSA) is 45.0 Å². The Morgan fingerprint density at radius 1 is 1.08 bits per heavy atom. The number of ether oxygens (including phenoxy) is 1. The lowest BCUT2D eigenvalue weighted by Crippen LogP contribution is -2.45. The summed E-state index contributed by atoms with van der Waals surface area (Å²) in [5.74, 6) is 0.749. The van der Waals surface area contributed by atoms with Gasteiger partial charge in [-0.15, -0.1) is 49.6 Å². The first-order valence-corrected chi connectivity index (χ1v) is 7.65. The van der Waals surface area contributed by atoms with E-state index < -0.39 is 0 Å². The molecule has 1 saturated heterocycles. The summed E-state index contributed by atoms with van der Waals surface area (Å²) in [4.78, 5) is 7.21. The molecule has 0 spiro atoms. The lowest BCUT2D eigenvalue weighted by Gasteiger charge is -2.32. The maximum atomic E-state index is 5.85. The maximum Gasteiger partial charge on any atom is 0.143 e. The van der Waals surface area contributed by atoms with Crippen molar-refractivity contribution in [1.82, 2.24) is 9.80 Å². The number of nitrogens with two attached hydrogens (primary N) is 1. The average Bonchev–Trinajstić information content (AvgIpc) is 2.49. The summed E-state index contributed by atoms with van der Waals surface area (Å²) in [6, 6.07) is 5.96. The molecule has 0 unspecified atom stereocenters. The van der Waals surface area contributed by atoms with Crippen molar-refractivity contribution in [3.05, 3.63) is 18.2 Å². The predicted octanol–water partition coefficient (Wildman–Crippen LogP) is 3.04. The lowest BCUT2D eigenvalue weighted by atomic mass is 10.2. The van der Waals surface area contributed by atoms with Gasteiger partial charge in [0.05, 0.1) is 12.8 Å². The molecular weight excluding hydrogens is 406 g/mol. The first-order valence-electron chi connectivity index (χ1n) is 7.65. The fourth-order valence-electron chi connectivity index (χ4n) is 2.67. The molecule has 25 heavy (non-hydrogen) atoms.